The third-order valence-corrected chi connectivity index (χ3v) is 4.31. The molecule has 1 unspecified atom stereocenters. The van der Waals surface area contributed by atoms with E-state index in [1.165, 1.54) is 4.90 Å². The second-order valence-corrected chi connectivity index (χ2v) is 5.97. The van der Waals surface area contributed by atoms with E-state index in [9.17, 15) is 9.59 Å². The summed E-state index contributed by atoms with van der Waals surface area (Å²) >= 11 is 0. The summed E-state index contributed by atoms with van der Waals surface area (Å²) in [5.74, 6) is 0.275. The molecule has 1 atom stereocenters. The van der Waals surface area contributed by atoms with Crippen LogP contribution in [-0.4, -0.2) is 25.0 Å². The normalized spacial score (nSPS) is 17.3. The number of benzene rings is 2. The van der Waals surface area contributed by atoms with Gasteiger partial charge in [0.1, 0.15) is 11.8 Å². The Bertz CT molecular complexity index is 801. The summed E-state index contributed by atoms with van der Waals surface area (Å²) in [4.78, 5) is 26.3. The first kappa shape index (κ1) is 16.1. The molecule has 2 amide bonds. The molecule has 1 N–H and O–H groups in total. The van der Waals surface area contributed by atoms with Crippen molar-refractivity contribution in [2.45, 2.75) is 26.3 Å². The van der Waals surface area contributed by atoms with Gasteiger partial charge in [-0.25, -0.2) is 4.90 Å². The average molecular weight is 324 g/mol. The number of amides is 2. The summed E-state index contributed by atoms with van der Waals surface area (Å²) in [5, 5.41) is 3.13. The fourth-order valence-electron chi connectivity index (χ4n) is 2.79. The van der Waals surface area contributed by atoms with Crippen LogP contribution in [0.5, 0.6) is 5.75 Å². The molecule has 0 aliphatic carbocycles. The molecule has 2 aromatic carbocycles. The highest BCUT2D eigenvalue weighted by Gasteiger charge is 2.39. The lowest BCUT2D eigenvalue weighted by molar-refractivity contribution is -0.121. The number of nitrogens with zero attached hydrogens (tertiary/aromatic N) is 1. The molecular formula is C19H20N2O3. The third kappa shape index (κ3) is 2.97. The number of anilines is 2. The summed E-state index contributed by atoms with van der Waals surface area (Å²) in [6.07, 6.45) is 0.142. The molecule has 1 heterocycles. The highest BCUT2D eigenvalue weighted by atomic mass is 16.5. The standard InChI is InChI=1S/C19H20N2O3/c1-12-7-8-15(9-13(12)2)21-18(22)11-17(19(21)23)20-14-5-4-6-16(10-14)24-3/h4-10,17,20H,11H2,1-3H3. The zero-order chi connectivity index (χ0) is 17.3. The molecule has 1 aliphatic heterocycles. The molecule has 0 radical (unpaired) electrons. The van der Waals surface area contributed by atoms with E-state index in [1.807, 2.05) is 50.2 Å². The van der Waals surface area contributed by atoms with Crippen molar-refractivity contribution < 1.29 is 14.3 Å². The molecule has 5 nitrogen and oxygen atoms in total. The zero-order valence-corrected chi connectivity index (χ0v) is 14.0. The van der Waals surface area contributed by atoms with E-state index in [0.717, 1.165) is 16.8 Å². The molecule has 0 bridgehead atoms. The number of aryl methyl sites for hydroxylation is 2. The second-order valence-electron chi connectivity index (χ2n) is 5.97. The maximum atomic E-state index is 12.7. The number of nitrogens with one attached hydrogen (secondary N) is 1. The van der Waals surface area contributed by atoms with Crippen molar-refractivity contribution in [3.8, 4) is 5.75 Å². The summed E-state index contributed by atoms with van der Waals surface area (Å²) in [7, 11) is 1.59. The summed E-state index contributed by atoms with van der Waals surface area (Å²) in [6.45, 7) is 3.97. The first-order chi connectivity index (χ1) is 11.5. The minimum atomic E-state index is -0.564. The predicted octanol–water partition coefficient (Wildman–Crippen LogP) is 3.06. The Morgan fingerprint density at radius 2 is 1.88 bits per heavy atom. The summed E-state index contributed by atoms with van der Waals surface area (Å²) < 4.78 is 5.18. The van der Waals surface area contributed by atoms with Gasteiger partial charge in [0.05, 0.1) is 19.2 Å². The molecule has 2 aromatic rings. The van der Waals surface area contributed by atoms with Gasteiger partial charge in [0.25, 0.3) is 5.91 Å². The first-order valence-corrected chi connectivity index (χ1v) is 7.84. The van der Waals surface area contributed by atoms with E-state index in [1.54, 1.807) is 13.2 Å². The molecule has 1 saturated heterocycles. The van der Waals surface area contributed by atoms with E-state index >= 15 is 0 Å². The summed E-state index contributed by atoms with van der Waals surface area (Å²) in [6, 6.07) is 12.4. The molecular weight excluding hydrogens is 304 g/mol. The number of imide groups is 1. The number of ether oxygens (including phenoxy) is 1. The Hall–Kier alpha value is -2.82. The largest absolute Gasteiger partial charge is 0.497 e. The molecule has 0 aromatic heterocycles. The molecule has 0 saturated carbocycles. The van der Waals surface area contributed by atoms with Crippen LogP contribution >= 0.6 is 0 Å². The quantitative estimate of drug-likeness (QED) is 0.878. The van der Waals surface area contributed by atoms with Gasteiger partial charge in [-0.05, 0) is 49.2 Å². The van der Waals surface area contributed by atoms with Crippen molar-refractivity contribution in [3.05, 3.63) is 53.6 Å². The monoisotopic (exact) mass is 324 g/mol. The summed E-state index contributed by atoms with van der Waals surface area (Å²) in [5.41, 5.74) is 3.56. The van der Waals surface area contributed by atoms with E-state index < -0.39 is 6.04 Å². The lowest BCUT2D eigenvalue weighted by atomic mass is 10.1. The van der Waals surface area contributed by atoms with Crippen molar-refractivity contribution >= 4 is 23.2 Å². The minimum Gasteiger partial charge on any atom is -0.497 e. The molecule has 24 heavy (non-hydrogen) atoms. The van der Waals surface area contributed by atoms with Crippen LogP contribution in [0.2, 0.25) is 0 Å². The van der Waals surface area contributed by atoms with Crippen molar-refractivity contribution in [3.63, 3.8) is 0 Å². The highest BCUT2D eigenvalue weighted by molar-refractivity contribution is 6.23. The molecule has 1 fully saturated rings. The molecule has 5 heteroatoms. The first-order valence-electron chi connectivity index (χ1n) is 7.84. The number of carbonyl (C=O) groups is 2. The number of rotatable bonds is 4. The fourth-order valence-corrected chi connectivity index (χ4v) is 2.79. The van der Waals surface area contributed by atoms with Gasteiger partial charge in [0, 0.05) is 11.8 Å². The van der Waals surface area contributed by atoms with Gasteiger partial charge in [0.15, 0.2) is 0 Å². The van der Waals surface area contributed by atoms with Gasteiger partial charge in [-0.3, -0.25) is 9.59 Å². The van der Waals surface area contributed by atoms with Gasteiger partial charge in [0.2, 0.25) is 5.91 Å². The van der Waals surface area contributed by atoms with Crippen LogP contribution in [0.4, 0.5) is 11.4 Å². The average Bonchev–Trinajstić information content (AvgIpc) is 2.84. The van der Waals surface area contributed by atoms with Crippen molar-refractivity contribution in [2.24, 2.45) is 0 Å². The van der Waals surface area contributed by atoms with Gasteiger partial charge < -0.3 is 10.1 Å². The Labute approximate surface area is 141 Å². The van der Waals surface area contributed by atoms with E-state index in [4.69, 9.17) is 4.74 Å². The van der Waals surface area contributed by atoms with Crippen LogP contribution in [0.3, 0.4) is 0 Å². The SMILES string of the molecule is COc1cccc(NC2CC(=O)N(c3ccc(C)c(C)c3)C2=O)c1. The maximum absolute atomic E-state index is 12.7. The van der Waals surface area contributed by atoms with Crippen molar-refractivity contribution in [2.75, 3.05) is 17.3 Å². The van der Waals surface area contributed by atoms with E-state index in [2.05, 4.69) is 5.32 Å². The number of methoxy groups -OCH3 is 1. The van der Waals surface area contributed by atoms with Gasteiger partial charge in [-0.2, -0.15) is 0 Å². The van der Waals surface area contributed by atoms with Gasteiger partial charge in [-0.15, -0.1) is 0 Å². The van der Waals surface area contributed by atoms with Crippen LogP contribution in [-0.2, 0) is 9.59 Å². The topological polar surface area (TPSA) is 58.6 Å². The Morgan fingerprint density at radius 3 is 2.58 bits per heavy atom. The highest BCUT2D eigenvalue weighted by Crippen LogP contribution is 2.27. The van der Waals surface area contributed by atoms with Crippen molar-refractivity contribution in [1.82, 2.24) is 0 Å². The third-order valence-electron chi connectivity index (χ3n) is 4.31. The van der Waals surface area contributed by atoms with Crippen LogP contribution < -0.4 is 15.0 Å². The van der Waals surface area contributed by atoms with E-state index in [0.29, 0.717) is 11.4 Å². The molecule has 0 spiro atoms. The maximum Gasteiger partial charge on any atom is 0.256 e. The van der Waals surface area contributed by atoms with Crippen LogP contribution in [0.1, 0.15) is 17.5 Å². The van der Waals surface area contributed by atoms with Crippen LogP contribution in [0.15, 0.2) is 42.5 Å². The fraction of sp³-hybridized carbons (Fsp3) is 0.263. The molecule has 3 rings (SSSR count). The van der Waals surface area contributed by atoms with Gasteiger partial charge >= 0.3 is 0 Å². The Balaban J connectivity index is 1.82. The number of carbonyl (C=O) groups excluding carboxylic acids is 2. The van der Waals surface area contributed by atoms with Crippen molar-refractivity contribution in [1.29, 1.82) is 0 Å². The number of hydrogen-bond acceptors (Lipinski definition) is 4. The zero-order valence-electron chi connectivity index (χ0n) is 14.0. The predicted molar refractivity (Wildman–Crippen MR) is 93.4 cm³/mol. The van der Waals surface area contributed by atoms with Gasteiger partial charge in [-0.1, -0.05) is 12.1 Å². The van der Waals surface area contributed by atoms with E-state index in [-0.39, 0.29) is 18.2 Å². The number of hydrogen-bond donors (Lipinski definition) is 1. The second kappa shape index (κ2) is 6.35. The Morgan fingerprint density at radius 1 is 1.08 bits per heavy atom. The lowest BCUT2D eigenvalue weighted by Gasteiger charge is -2.17. The van der Waals surface area contributed by atoms with Crippen LogP contribution in [0, 0.1) is 13.8 Å². The van der Waals surface area contributed by atoms with Crippen LogP contribution in [0.25, 0.3) is 0 Å². The molecule has 1 aliphatic rings. The lowest BCUT2D eigenvalue weighted by Crippen LogP contribution is -2.34. The minimum absolute atomic E-state index is 0.142. The Kier molecular flexibility index (Phi) is 4.25. The molecule has 124 valence electrons. The smallest absolute Gasteiger partial charge is 0.256 e.